The van der Waals surface area contributed by atoms with Crippen LogP contribution in [-0.2, 0) is 4.74 Å². The van der Waals surface area contributed by atoms with Crippen LogP contribution in [0.3, 0.4) is 0 Å². The molecule has 2 rings (SSSR count). The largest absolute Gasteiger partial charge is 0.368 e. The molecule has 1 saturated heterocycles. The van der Waals surface area contributed by atoms with Crippen molar-refractivity contribution in [3.63, 3.8) is 0 Å². The SMILES string of the molecule is Fc1cc(F)c(F)c(C2CO2)c1F. The molecule has 1 aromatic rings. The van der Waals surface area contributed by atoms with E-state index in [0.717, 1.165) is 0 Å². The van der Waals surface area contributed by atoms with Gasteiger partial charge in [0, 0.05) is 6.07 Å². The minimum atomic E-state index is -1.40. The fourth-order valence-electron chi connectivity index (χ4n) is 1.09. The maximum Gasteiger partial charge on any atom is 0.167 e. The number of benzene rings is 1. The monoisotopic (exact) mass is 192 g/mol. The number of ether oxygens (including phenoxy) is 1. The van der Waals surface area contributed by atoms with Crippen LogP contribution in [0, 0.1) is 23.3 Å². The van der Waals surface area contributed by atoms with Gasteiger partial charge in [-0.3, -0.25) is 0 Å². The third kappa shape index (κ3) is 1.29. The van der Waals surface area contributed by atoms with Crippen LogP contribution in [0.2, 0.25) is 0 Å². The maximum absolute atomic E-state index is 12.9. The Labute approximate surface area is 70.9 Å². The first-order chi connectivity index (χ1) is 6.11. The second-order valence-electron chi connectivity index (χ2n) is 2.70. The van der Waals surface area contributed by atoms with E-state index >= 15 is 0 Å². The summed E-state index contributed by atoms with van der Waals surface area (Å²) in [5.74, 6) is -5.54. The predicted molar refractivity (Wildman–Crippen MR) is 35.0 cm³/mol. The van der Waals surface area contributed by atoms with Crippen molar-refractivity contribution in [3.8, 4) is 0 Å². The van der Waals surface area contributed by atoms with Crippen LogP contribution in [0.15, 0.2) is 6.07 Å². The third-order valence-corrected chi connectivity index (χ3v) is 1.80. The average Bonchev–Trinajstić information content (AvgIpc) is 2.85. The minimum absolute atomic E-state index is 0.0940. The highest BCUT2D eigenvalue weighted by Crippen LogP contribution is 2.35. The van der Waals surface area contributed by atoms with Crippen molar-refractivity contribution in [2.75, 3.05) is 6.61 Å². The molecular formula is C8H4F4O. The average molecular weight is 192 g/mol. The van der Waals surface area contributed by atoms with Crippen molar-refractivity contribution >= 4 is 0 Å². The first-order valence-corrected chi connectivity index (χ1v) is 3.55. The Morgan fingerprint density at radius 1 is 1.08 bits per heavy atom. The van der Waals surface area contributed by atoms with Gasteiger partial charge in [-0.15, -0.1) is 0 Å². The van der Waals surface area contributed by atoms with Crippen LogP contribution >= 0.6 is 0 Å². The molecule has 1 fully saturated rings. The van der Waals surface area contributed by atoms with Crippen molar-refractivity contribution in [1.29, 1.82) is 0 Å². The minimum Gasteiger partial charge on any atom is -0.368 e. The van der Waals surface area contributed by atoms with Crippen molar-refractivity contribution in [1.82, 2.24) is 0 Å². The van der Waals surface area contributed by atoms with Crippen LogP contribution in [0.5, 0.6) is 0 Å². The van der Waals surface area contributed by atoms with Crippen LogP contribution in [0.25, 0.3) is 0 Å². The number of rotatable bonds is 1. The van der Waals surface area contributed by atoms with Crippen molar-refractivity contribution < 1.29 is 22.3 Å². The lowest BCUT2D eigenvalue weighted by molar-refractivity contribution is 0.378. The summed E-state index contributed by atoms with van der Waals surface area (Å²) in [5, 5.41) is 0. The summed E-state index contributed by atoms with van der Waals surface area (Å²) in [5.41, 5.74) is -0.655. The second-order valence-corrected chi connectivity index (χ2v) is 2.70. The molecule has 0 amide bonds. The van der Waals surface area contributed by atoms with E-state index < -0.39 is 34.9 Å². The predicted octanol–water partition coefficient (Wildman–Crippen LogP) is 2.31. The van der Waals surface area contributed by atoms with E-state index in [2.05, 4.69) is 4.74 Å². The number of halogens is 4. The number of hydrogen-bond donors (Lipinski definition) is 0. The molecule has 0 aliphatic carbocycles. The molecule has 0 spiro atoms. The molecule has 0 saturated carbocycles. The Kier molecular flexibility index (Phi) is 1.76. The topological polar surface area (TPSA) is 12.5 Å². The van der Waals surface area contributed by atoms with Crippen molar-refractivity contribution in [2.45, 2.75) is 6.10 Å². The summed E-state index contributed by atoms with van der Waals surface area (Å²) in [6.45, 7) is 0.0940. The summed E-state index contributed by atoms with van der Waals surface area (Å²) in [6.07, 6.45) is -0.842. The zero-order valence-electron chi connectivity index (χ0n) is 6.28. The molecule has 0 radical (unpaired) electrons. The lowest BCUT2D eigenvalue weighted by atomic mass is 10.1. The van der Waals surface area contributed by atoms with Gasteiger partial charge < -0.3 is 4.74 Å². The highest BCUT2D eigenvalue weighted by atomic mass is 19.2. The van der Waals surface area contributed by atoms with Crippen LogP contribution < -0.4 is 0 Å². The van der Waals surface area contributed by atoms with E-state index in [1.54, 1.807) is 0 Å². The van der Waals surface area contributed by atoms with E-state index in [9.17, 15) is 17.6 Å². The van der Waals surface area contributed by atoms with Gasteiger partial charge in [-0.2, -0.15) is 0 Å². The summed E-state index contributed by atoms with van der Waals surface area (Å²) in [6, 6.07) is 0.177. The van der Waals surface area contributed by atoms with Gasteiger partial charge in [0.1, 0.15) is 6.10 Å². The summed E-state index contributed by atoms with van der Waals surface area (Å²) in [7, 11) is 0. The molecule has 13 heavy (non-hydrogen) atoms. The first kappa shape index (κ1) is 8.50. The quantitative estimate of drug-likeness (QED) is 0.378. The summed E-state index contributed by atoms with van der Waals surface area (Å²) < 4.78 is 55.4. The fraction of sp³-hybridized carbons (Fsp3) is 0.250. The molecule has 1 aromatic carbocycles. The highest BCUT2D eigenvalue weighted by Gasteiger charge is 2.34. The lowest BCUT2D eigenvalue weighted by Gasteiger charge is -2.02. The molecule has 70 valence electrons. The molecule has 1 unspecified atom stereocenters. The van der Waals surface area contributed by atoms with E-state index in [0.29, 0.717) is 0 Å². The standard InChI is InChI=1S/C8H4F4O/c9-3-1-4(10)8(12)6(7(3)11)5-2-13-5/h1,5H,2H2. The van der Waals surface area contributed by atoms with Gasteiger partial charge in [-0.1, -0.05) is 0 Å². The van der Waals surface area contributed by atoms with Crippen LogP contribution in [-0.4, -0.2) is 6.61 Å². The summed E-state index contributed by atoms with van der Waals surface area (Å²) >= 11 is 0. The Morgan fingerprint density at radius 3 is 1.92 bits per heavy atom. The van der Waals surface area contributed by atoms with E-state index in [1.807, 2.05) is 0 Å². The van der Waals surface area contributed by atoms with Crippen molar-refractivity contribution in [3.05, 3.63) is 34.9 Å². The Morgan fingerprint density at radius 2 is 1.54 bits per heavy atom. The summed E-state index contributed by atoms with van der Waals surface area (Å²) in [4.78, 5) is 0. The lowest BCUT2D eigenvalue weighted by Crippen LogP contribution is -2.01. The van der Waals surface area contributed by atoms with Gasteiger partial charge in [-0.05, 0) is 0 Å². The Hall–Kier alpha value is -1.10. The smallest absolute Gasteiger partial charge is 0.167 e. The molecule has 1 aliphatic heterocycles. The molecule has 1 atom stereocenters. The molecule has 1 aliphatic rings. The first-order valence-electron chi connectivity index (χ1n) is 3.55. The van der Waals surface area contributed by atoms with Gasteiger partial charge in [0.2, 0.25) is 0 Å². The highest BCUT2D eigenvalue weighted by molar-refractivity contribution is 5.26. The number of hydrogen-bond acceptors (Lipinski definition) is 1. The fourth-order valence-corrected chi connectivity index (χ4v) is 1.09. The molecule has 1 heterocycles. The number of epoxide rings is 1. The van der Waals surface area contributed by atoms with E-state index in [-0.39, 0.29) is 12.7 Å². The van der Waals surface area contributed by atoms with Crippen molar-refractivity contribution in [2.24, 2.45) is 0 Å². The van der Waals surface area contributed by atoms with Crippen LogP contribution in [0.4, 0.5) is 17.6 Å². The molecule has 0 aromatic heterocycles. The molecule has 0 bridgehead atoms. The van der Waals surface area contributed by atoms with E-state index in [1.165, 1.54) is 0 Å². The van der Waals surface area contributed by atoms with E-state index in [4.69, 9.17) is 0 Å². The normalized spacial score (nSPS) is 20.5. The van der Waals surface area contributed by atoms with Gasteiger partial charge >= 0.3 is 0 Å². The van der Waals surface area contributed by atoms with Gasteiger partial charge in [0.05, 0.1) is 12.2 Å². The molecule has 1 nitrogen and oxygen atoms in total. The second kappa shape index (κ2) is 2.70. The van der Waals surface area contributed by atoms with Gasteiger partial charge in [-0.25, -0.2) is 17.6 Å². The van der Waals surface area contributed by atoms with Gasteiger partial charge in [0.15, 0.2) is 23.3 Å². The van der Waals surface area contributed by atoms with Crippen LogP contribution in [0.1, 0.15) is 11.7 Å². The Balaban J connectivity index is 2.62. The zero-order valence-corrected chi connectivity index (χ0v) is 6.28. The third-order valence-electron chi connectivity index (χ3n) is 1.80. The Bertz CT molecular complexity index is 333. The zero-order chi connectivity index (χ0) is 9.59. The molecular weight excluding hydrogens is 188 g/mol. The molecule has 0 N–H and O–H groups in total. The molecule has 5 heteroatoms. The van der Waals surface area contributed by atoms with Gasteiger partial charge in [0.25, 0.3) is 0 Å². The maximum atomic E-state index is 12.9.